The van der Waals surface area contributed by atoms with Crippen LogP contribution in [0, 0.1) is 11.3 Å². The van der Waals surface area contributed by atoms with Crippen LogP contribution in [0.5, 0.6) is 5.75 Å². The summed E-state index contributed by atoms with van der Waals surface area (Å²) in [6.07, 6.45) is 2.21. The lowest BCUT2D eigenvalue weighted by Gasteiger charge is -2.08. The first-order valence-electron chi connectivity index (χ1n) is 10.6. The number of amides is 2. The lowest BCUT2D eigenvalue weighted by atomic mass is 10.1. The topological polar surface area (TPSA) is 91.2 Å². The molecule has 0 bridgehead atoms. The highest BCUT2D eigenvalue weighted by atomic mass is 16.5. The van der Waals surface area contributed by atoms with Crippen molar-refractivity contribution in [2.45, 2.75) is 13.0 Å². The maximum atomic E-state index is 12.3. The van der Waals surface area contributed by atoms with E-state index in [1.807, 2.05) is 66.7 Å². The Morgan fingerprint density at radius 1 is 0.848 bits per heavy atom. The Bertz CT molecular complexity index is 1120. The van der Waals surface area contributed by atoms with Crippen molar-refractivity contribution in [2.75, 3.05) is 13.2 Å². The molecule has 0 aliphatic heterocycles. The Morgan fingerprint density at radius 2 is 1.48 bits per heavy atom. The second-order valence-corrected chi connectivity index (χ2v) is 7.28. The quantitative estimate of drug-likeness (QED) is 0.373. The molecule has 166 valence electrons. The van der Waals surface area contributed by atoms with Gasteiger partial charge >= 0.3 is 0 Å². The number of nitriles is 1. The van der Waals surface area contributed by atoms with Crippen molar-refractivity contribution in [3.63, 3.8) is 0 Å². The fourth-order valence-electron chi connectivity index (χ4n) is 3.03. The summed E-state index contributed by atoms with van der Waals surface area (Å²) in [5.41, 5.74) is 2.84. The fourth-order valence-corrected chi connectivity index (χ4v) is 3.03. The number of ether oxygens (including phenoxy) is 1. The molecular formula is C27H25N3O3. The van der Waals surface area contributed by atoms with Crippen molar-refractivity contribution in [3.05, 3.63) is 107 Å². The first-order chi connectivity index (χ1) is 16.1. The normalized spacial score (nSPS) is 10.7. The van der Waals surface area contributed by atoms with Crippen LogP contribution in [0.2, 0.25) is 0 Å². The highest BCUT2D eigenvalue weighted by molar-refractivity contribution is 6.01. The molecule has 0 fully saturated rings. The number of benzene rings is 3. The maximum absolute atomic E-state index is 12.3. The number of rotatable bonds is 10. The molecule has 0 atom stereocenters. The van der Waals surface area contributed by atoms with Crippen LogP contribution in [0.15, 0.2) is 90.5 Å². The van der Waals surface area contributed by atoms with E-state index in [1.165, 1.54) is 6.08 Å². The van der Waals surface area contributed by atoms with E-state index in [2.05, 4.69) is 10.6 Å². The number of hydrogen-bond acceptors (Lipinski definition) is 4. The lowest BCUT2D eigenvalue weighted by Crippen LogP contribution is -2.28. The standard InChI is InChI=1S/C27H25N3O3/c28-18-24(27(32)29-16-15-21-7-3-1-4-8-21)17-22-11-13-25(14-12-22)33-20-26(31)30-19-23-9-5-2-6-10-23/h1-14,17H,15-16,19-20H2,(H,29,32)(H,30,31)/b24-17+. The van der Waals surface area contributed by atoms with Gasteiger partial charge in [0.15, 0.2) is 6.61 Å². The van der Waals surface area contributed by atoms with Gasteiger partial charge in [0.1, 0.15) is 17.4 Å². The van der Waals surface area contributed by atoms with Crippen LogP contribution in [-0.4, -0.2) is 25.0 Å². The van der Waals surface area contributed by atoms with E-state index in [1.54, 1.807) is 24.3 Å². The number of carbonyl (C=O) groups excluding carboxylic acids is 2. The summed E-state index contributed by atoms with van der Waals surface area (Å²) < 4.78 is 5.51. The molecule has 0 aromatic heterocycles. The van der Waals surface area contributed by atoms with Gasteiger partial charge < -0.3 is 15.4 Å². The molecule has 6 heteroatoms. The maximum Gasteiger partial charge on any atom is 0.261 e. The first-order valence-corrected chi connectivity index (χ1v) is 10.6. The van der Waals surface area contributed by atoms with Crippen LogP contribution < -0.4 is 15.4 Å². The average Bonchev–Trinajstić information content (AvgIpc) is 2.86. The molecule has 3 rings (SSSR count). The Morgan fingerprint density at radius 3 is 2.12 bits per heavy atom. The summed E-state index contributed by atoms with van der Waals surface area (Å²) in [5, 5.41) is 14.9. The van der Waals surface area contributed by atoms with Crippen molar-refractivity contribution >= 4 is 17.9 Å². The molecule has 0 aliphatic rings. The van der Waals surface area contributed by atoms with Gasteiger partial charge in [-0.3, -0.25) is 9.59 Å². The number of nitrogens with one attached hydrogen (secondary N) is 2. The van der Waals surface area contributed by atoms with E-state index in [9.17, 15) is 14.9 Å². The molecular weight excluding hydrogens is 414 g/mol. The summed E-state index contributed by atoms with van der Waals surface area (Å²) in [6, 6.07) is 28.2. The zero-order valence-corrected chi connectivity index (χ0v) is 18.2. The van der Waals surface area contributed by atoms with Gasteiger partial charge in [0.2, 0.25) is 0 Å². The van der Waals surface area contributed by atoms with Gasteiger partial charge in [0.25, 0.3) is 11.8 Å². The van der Waals surface area contributed by atoms with Gasteiger partial charge in [0.05, 0.1) is 0 Å². The third-order valence-electron chi connectivity index (χ3n) is 4.80. The predicted octanol–water partition coefficient (Wildman–Crippen LogP) is 3.65. The minimum atomic E-state index is -0.413. The number of nitrogens with zero attached hydrogens (tertiary/aromatic N) is 1. The van der Waals surface area contributed by atoms with Crippen LogP contribution >= 0.6 is 0 Å². The average molecular weight is 440 g/mol. The van der Waals surface area contributed by atoms with E-state index in [4.69, 9.17) is 4.74 Å². The van der Waals surface area contributed by atoms with E-state index < -0.39 is 5.91 Å². The van der Waals surface area contributed by atoms with Gasteiger partial charge in [-0.1, -0.05) is 72.8 Å². The Hall–Kier alpha value is -4.37. The number of hydrogen-bond donors (Lipinski definition) is 2. The van der Waals surface area contributed by atoms with Gasteiger partial charge in [-0.15, -0.1) is 0 Å². The molecule has 0 unspecified atom stereocenters. The van der Waals surface area contributed by atoms with E-state index >= 15 is 0 Å². The molecule has 0 spiro atoms. The fraction of sp³-hybridized carbons (Fsp3) is 0.148. The summed E-state index contributed by atoms with van der Waals surface area (Å²) in [6.45, 7) is 0.785. The Labute approximate surface area is 193 Å². The zero-order valence-electron chi connectivity index (χ0n) is 18.2. The Kier molecular flexibility index (Phi) is 8.81. The molecule has 33 heavy (non-hydrogen) atoms. The van der Waals surface area contributed by atoms with Crippen LogP contribution in [0.1, 0.15) is 16.7 Å². The highest BCUT2D eigenvalue weighted by Crippen LogP contribution is 2.15. The van der Waals surface area contributed by atoms with E-state index in [-0.39, 0.29) is 18.1 Å². The van der Waals surface area contributed by atoms with Gasteiger partial charge in [0, 0.05) is 13.1 Å². The molecule has 2 N–H and O–H groups in total. The van der Waals surface area contributed by atoms with E-state index in [0.29, 0.717) is 30.8 Å². The Balaban J connectivity index is 1.45. The summed E-state index contributed by atoms with van der Waals surface area (Å²) in [7, 11) is 0. The molecule has 6 nitrogen and oxygen atoms in total. The van der Waals surface area contributed by atoms with Crippen molar-refractivity contribution in [2.24, 2.45) is 0 Å². The van der Waals surface area contributed by atoms with Crippen molar-refractivity contribution in [1.29, 1.82) is 5.26 Å². The molecule has 3 aromatic carbocycles. The predicted molar refractivity (Wildman–Crippen MR) is 127 cm³/mol. The van der Waals surface area contributed by atoms with Gasteiger partial charge in [-0.05, 0) is 41.3 Å². The van der Waals surface area contributed by atoms with E-state index in [0.717, 1.165) is 11.1 Å². The largest absolute Gasteiger partial charge is 0.484 e. The molecule has 0 heterocycles. The van der Waals surface area contributed by atoms with Gasteiger partial charge in [-0.2, -0.15) is 5.26 Å². The molecule has 0 radical (unpaired) electrons. The third-order valence-corrected chi connectivity index (χ3v) is 4.80. The SMILES string of the molecule is N#C/C(=C\c1ccc(OCC(=O)NCc2ccccc2)cc1)C(=O)NCCc1ccccc1. The molecule has 0 saturated carbocycles. The van der Waals surface area contributed by atoms with Crippen molar-refractivity contribution in [1.82, 2.24) is 10.6 Å². The highest BCUT2D eigenvalue weighted by Gasteiger charge is 2.09. The second-order valence-electron chi connectivity index (χ2n) is 7.28. The molecule has 0 saturated heterocycles. The first kappa shape index (κ1) is 23.3. The van der Waals surface area contributed by atoms with Crippen LogP contribution in [0.3, 0.4) is 0 Å². The summed E-state index contributed by atoms with van der Waals surface area (Å²) in [5.74, 6) is -0.113. The molecule has 2 amide bonds. The smallest absolute Gasteiger partial charge is 0.261 e. The summed E-state index contributed by atoms with van der Waals surface area (Å²) >= 11 is 0. The lowest BCUT2D eigenvalue weighted by molar-refractivity contribution is -0.123. The monoisotopic (exact) mass is 439 g/mol. The number of carbonyl (C=O) groups is 2. The minimum absolute atomic E-state index is 0.0250. The van der Waals surface area contributed by atoms with Gasteiger partial charge in [-0.25, -0.2) is 0 Å². The van der Waals surface area contributed by atoms with Crippen LogP contribution in [0.25, 0.3) is 6.08 Å². The van der Waals surface area contributed by atoms with Crippen LogP contribution in [0.4, 0.5) is 0 Å². The molecule has 3 aromatic rings. The molecule has 0 aliphatic carbocycles. The zero-order chi connectivity index (χ0) is 23.3. The summed E-state index contributed by atoms with van der Waals surface area (Å²) in [4.78, 5) is 24.3. The van der Waals surface area contributed by atoms with Crippen molar-refractivity contribution in [3.8, 4) is 11.8 Å². The second kappa shape index (κ2) is 12.5. The van der Waals surface area contributed by atoms with Crippen LogP contribution in [-0.2, 0) is 22.6 Å². The minimum Gasteiger partial charge on any atom is -0.484 e. The van der Waals surface area contributed by atoms with Crippen molar-refractivity contribution < 1.29 is 14.3 Å². The third kappa shape index (κ3) is 8.00.